The summed E-state index contributed by atoms with van der Waals surface area (Å²) >= 11 is 4.30. The average Bonchev–Trinajstić information content (AvgIpc) is 2.39. The fraction of sp³-hybridized carbons (Fsp3) is 0.818. The van der Waals surface area contributed by atoms with Crippen LogP contribution in [0.4, 0.5) is 0 Å². The van der Waals surface area contributed by atoms with Crippen molar-refractivity contribution in [3.63, 3.8) is 0 Å². The highest BCUT2D eigenvalue weighted by atomic mass is 32.1. The molecular weight excluding hydrogens is 224 g/mol. The van der Waals surface area contributed by atoms with Gasteiger partial charge in [0.2, 0.25) is 11.8 Å². The number of nitrogens with zero attached hydrogens (tertiary/aromatic N) is 2. The van der Waals surface area contributed by atoms with E-state index in [4.69, 9.17) is 0 Å². The average molecular weight is 244 g/mol. The van der Waals surface area contributed by atoms with Gasteiger partial charge in [0.05, 0.1) is 11.8 Å². The number of likely N-dealkylation sites (N-methyl/N-ethyl adjacent to an activating group) is 1. The number of carbonyl (C=O) groups excluding carboxylic acids is 2. The Bertz CT molecular complexity index is 281. The topological polar surface area (TPSA) is 40.6 Å². The minimum Gasteiger partial charge on any atom is -0.344 e. The lowest BCUT2D eigenvalue weighted by Gasteiger charge is -2.24. The van der Waals surface area contributed by atoms with Gasteiger partial charge in [-0.2, -0.15) is 12.6 Å². The van der Waals surface area contributed by atoms with Crippen LogP contribution in [0.3, 0.4) is 0 Å². The first-order valence-electron chi connectivity index (χ1n) is 5.64. The summed E-state index contributed by atoms with van der Waals surface area (Å²) in [5.41, 5.74) is 0. The molecule has 1 aliphatic rings. The molecule has 0 spiro atoms. The van der Waals surface area contributed by atoms with Crippen molar-refractivity contribution in [3.05, 3.63) is 0 Å². The van der Waals surface area contributed by atoms with Gasteiger partial charge in [-0.25, -0.2) is 0 Å². The van der Waals surface area contributed by atoms with Gasteiger partial charge >= 0.3 is 0 Å². The Kier molecular flexibility index (Phi) is 4.65. The lowest BCUT2D eigenvalue weighted by Crippen LogP contribution is -2.43. The predicted octanol–water partition coefficient (Wildman–Crippen LogP) is 0.631. The van der Waals surface area contributed by atoms with Crippen LogP contribution in [-0.4, -0.2) is 53.5 Å². The molecule has 4 nitrogen and oxygen atoms in total. The molecule has 1 aliphatic heterocycles. The zero-order valence-corrected chi connectivity index (χ0v) is 11.0. The first-order chi connectivity index (χ1) is 7.43. The van der Waals surface area contributed by atoms with E-state index < -0.39 is 0 Å². The standard InChI is InChI=1S/C11H20N2O2S/c1-8(2)10(16)11(15)13-6-4-5-12(3)9(14)7-13/h8,10,16H,4-7H2,1-3H3. The Hall–Kier alpha value is -0.710. The minimum absolute atomic E-state index is 0.00939. The molecule has 2 amide bonds. The molecule has 0 aromatic carbocycles. The summed E-state index contributed by atoms with van der Waals surface area (Å²) in [5.74, 6) is 0.170. The van der Waals surface area contributed by atoms with Crippen LogP contribution in [0.15, 0.2) is 0 Å². The second-order valence-electron chi connectivity index (χ2n) is 4.62. The second-order valence-corrected chi connectivity index (χ2v) is 5.17. The minimum atomic E-state index is -0.309. The number of hydrogen-bond donors (Lipinski definition) is 1. The summed E-state index contributed by atoms with van der Waals surface area (Å²) in [4.78, 5) is 27.0. The van der Waals surface area contributed by atoms with E-state index in [1.807, 2.05) is 13.8 Å². The van der Waals surface area contributed by atoms with Crippen LogP contribution >= 0.6 is 12.6 Å². The first-order valence-corrected chi connectivity index (χ1v) is 6.16. The van der Waals surface area contributed by atoms with E-state index in [1.54, 1.807) is 16.8 Å². The van der Waals surface area contributed by atoms with E-state index in [9.17, 15) is 9.59 Å². The van der Waals surface area contributed by atoms with Gasteiger partial charge in [0, 0.05) is 20.1 Å². The van der Waals surface area contributed by atoms with Gasteiger partial charge in [0.15, 0.2) is 0 Å². The fourth-order valence-electron chi connectivity index (χ4n) is 1.65. The molecule has 1 unspecified atom stereocenters. The molecule has 92 valence electrons. The van der Waals surface area contributed by atoms with Crippen LogP contribution in [-0.2, 0) is 9.59 Å². The van der Waals surface area contributed by atoms with Crippen molar-refractivity contribution in [3.8, 4) is 0 Å². The highest BCUT2D eigenvalue weighted by Gasteiger charge is 2.27. The SMILES string of the molecule is CC(C)C(S)C(=O)N1CCCN(C)C(=O)C1. The summed E-state index contributed by atoms with van der Waals surface area (Å²) in [6.07, 6.45) is 0.840. The van der Waals surface area contributed by atoms with E-state index in [2.05, 4.69) is 12.6 Å². The zero-order chi connectivity index (χ0) is 12.3. The van der Waals surface area contributed by atoms with Gasteiger partial charge in [0.1, 0.15) is 0 Å². The summed E-state index contributed by atoms with van der Waals surface area (Å²) in [6, 6.07) is 0. The van der Waals surface area contributed by atoms with Gasteiger partial charge in [-0.05, 0) is 12.3 Å². The first kappa shape index (κ1) is 13.4. The van der Waals surface area contributed by atoms with Crippen molar-refractivity contribution in [2.24, 2.45) is 5.92 Å². The van der Waals surface area contributed by atoms with Crippen LogP contribution < -0.4 is 0 Å². The van der Waals surface area contributed by atoms with Crippen LogP contribution in [0.1, 0.15) is 20.3 Å². The Morgan fingerprint density at radius 3 is 2.56 bits per heavy atom. The summed E-state index contributed by atoms with van der Waals surface area (Å²) in [6.45, 7) is 5.49. The van der Waals surface area contributed by atoms with E-state index in [-0.39, 0.29) is 29.5 Å². The Labute approximate surface area is 102 Å². The van der Waals surface area contributed by atoms with E-state index >= 15 is 0 Å². The molecule has 1 fully saturated rings. The van der Waals surface area contributed by atoms with Crippen LogP contribution in [0.2, 0.25) is 0 Å². The van der Waals surface area contributed by atoms with E-state index in [0.29, 0.717) is 6.54 Å². The molecule has 1 saturated heterocycles. The Balaban J connectivity index is 2.66. The third-order valence-corrected chi connectivity index (χ3v) is 3.69. The third kappa shape index (κ3) is 3.14. The molecule has 0 aromatic heterocycles. The fourth-order valence-corrected chi connectivity index (χ4v) is 1.81. The van der Waals surface area contributed by atoms with Gasteiger partial charge in [-0.15, -0.1) is 0 Å². The number of hydrogen-bond acceptors (Lipinski definition) is 3. The van der Waals surface area contributed by atoms with Crippen LogP contribution in [0.25, 0.3) is 0 Å². The molecule has 1 heterocycles. The largest absolute Gasteiger partial charge is 0.344 e. The number of thiol groups is 1. The molecule has 0 bridgehead atoms. The van der Waals surface area contributed by atoms with Crippen molar-refractivity contribution in [2.45, 2.75) is 25.5 Å². The summed E-state index contributed by atoms with van der Waals surface area (Å²) < 4.78 is 0. The third-order valence-electron chi connectivity index (χ3n) is 2.87. The zero-order valence-electron chi connectivity index (χ0n) is 10.1. The number of rotatable bonds is 2. The number of amides is 2. The maximum absolute atomic E-state index is 12.0. The molecule has 5 heteroatoms. The van der Waals surface area contributed by atoms with Crippen LogP contribution in [0.5, 0.6) is 0 Å². The van der Waals surface area contributed by atoms with Crippen molar-refractivity contribution in [2.75, 3.05) is 26.7 Å². The molecule has 0 aliphatic carbocycles. The van der Waals surface area contributed by atoms with Crippen molar-refractivity contribution >= 4 is 24.4 Å². The molecule has 0 aromatic rings. The van der Waals surface area contributed by atoms with Gasteiger partial charge < -0.3 is 9.80 Å². The van der Waals surface area contributed by atoms with Gasteiger partial charge in [-0.1, -0.05) is 13.8 Å². The quantitative estimate of drug-likeness (QED) is 0.724. The molecule has 1 atom stereocenters. The van der Waals surface area contributed by atoms with Crippen LogP contribution in [0, 0.1) is 5.92 Å². The van der Waals surface area contributed by atoms with E-state index in [0.717, 1.165) is 13.0 Å². The Morgan fingerprint density at radius 1 is 1.38 bits per heavy atom. The smallest absolute Gasteiger partial charge is 0.241 e. The molecule has 0 radical (unpaired) electrons. The molecule has 0 saturated carbocycles. The molecular formula is C11H20N2O2S. The van der Waals surface area contributed by atoms with Crippen molar-refractivity contribution in [1.29, 1.82) is 0 Å². The van der Waals surface area contributed by atoms with Gasteiger partial charge in [0.25, 0.3) is 0 Å². The predicted molar refractivity (Wildman–Crippen MR) is 66.4 cm³/mol. The normalized spacial score (nSPS) is 19.9. The summed E-state index contributed by atoms with van der Waals surface area (Å²) in [5, 5.41) is -0.309. The van der Waals surface area contributed by atoms with Crippen molar-refractivity contribution in [1.82, 2.24) is 9.80 Å². The Morgan fingerprint density at radius 2 is 2.00 bits per heavy atom. The summed E-state index contributed by atoms with van der Waals surface area (Å²) in [7, 11) is 1.77. The molecule has 0 N–H and O–H groups in total. The highest BCUT2D eigenvalue weighted by Crippen LogP contribution is 2.14. The lowest BCUT2D eigenvalue weighted by atomic mass is 10.1. The maximum atomic E-state index is 12.0. The lowest BCUT2D eigenvalue weighted by molar-refractivity contribution is -0.138. The van der Waals surface area contributed by atoms with E-state index in [1.165, 1.54) is 0 Å². The monoisotopic (exact) mass is 244 g/mol. The van der Waals surface area contributed by atoms with Gasteiger partial charge in [-0.3, -0.25) is 9.59 Å². The highest BCUT2D eigenvalue weighted by molar-refractivity contribution is 7.81. The molecule has 16 heavy (non-hydrogen) atoms. The number of carbonyl (C=O) groups is 2. The maximum Gasteiger partial charge on any atom is 0.241 e. The van der Waals surface area contributed by atoms with Crippen molar-refractivity contribution < 1.29 is 9.59 Å². The molecule has 1 rings (SSSR count). The second kappa shape index (κ2) is 5.57.